The number of rotatable bonds is 3. The lowest BCUT2D eigenvalue weighted by atomic mass is 10.2. The van der Waals surface area contributed by atoms with Gasteiger partial charge >= 0.3 is 0 Å². The van der Waals surface area contributed by atoms with Gasteiger partial charge in [0.05, 0.1) is 5.52 Å². The topological polar surface area (TPSA) is 43.8 Å². The van der Waals surface area contributed by atoms with Crippen LogP contribution in [-0.4, -0.2) is 21.6 Å². The summed E-state index contributed by atoms with van der Waals surface area (Å²) in [6.07, 6.45) is 1.97. The summed E-state index contributed by atoms with van der Waals surface area (Å²) in [6.45, 7) is 1.94. The standard InChI is InChI=1S/C11H13F2N3S/c1-6(5-17-2)16-9-4-7(12)3-8(13)10(9)15-11(16)14/h3-4,6H,5H2,1-2H3,(H2,14,15). The zero-order valence-corrected chi connectivity index (χ0v) is 10.4. The van der Waals surface area contributed by atoms with E-state index in [4.69, 9.17) is 5.73 Å². The molecule has 2 aromatic rings. The third kappa shape index (κ3) is 2.09. The quantitative estimate of drug-likeness (QED) is 0.919. The number of aromatic nitrogens is 2. The third-order valence-electron chi connectivity index (χ3n) is 2.59. The number of nitrogens with zero attached hydrogens (tertiary/aromatic N) is 2. The maximum atomic E-state index is 13.5. The maximum Gasteiger partial charge on any atom is 0.201 e. The molecule has 0 aliphatic heterocycles. The van der Waals surface area contributed by atoms with Crippen molar-refractivity contribution in [3.8, 4) is 0 Å². The molecule has 1 aromatic carbocycles. The van der Waals surface area contributed by atoms with Gasteiger partial charge in [0.1, 0.15) is 11.3 Å². The molecule has 1 heterocycles. The zero-order chi connectivity index (χ0) is 12.6. The van der Waals surface area contributed by atoms with E-state index in [-0.39, 0.29) is 17.5 Å². The molecule has 6 heteroatoms. The van der Waals surface area contributed by atoms with E-state index in [1.807, 2.05) is 13.2 Å². The van der Waals surface area contributed by atoms with E-state index in [0.29, 0.717) is 5.52 Å². The van der Waals surface area contributed by atoms with E-state index in [1.165, 1.54) is 6.07 Å². The Labute approximate surface area is 102 Å². The predicted molar refractivity (Wildman–Crippen MR) is 67.2 cm³/mol. The van der Waals surface area contributed by atoms with Crippen LogP contribution in [0.3, 0.4) is 0 Å². The Morgan fingerprint density at radius 2 is 2.18 bits per heavy atom. The first-order chi connectivity index (χ1) is 8.04. The van der Waals surface area contributed by atoms with Gasteiger partial charge in [0.2, 0.25) is 5.95 Å². The summed E-state index contributed by atoms with van der Waals surface area (Å²) < 4.78 is 28.4. The summed E-state index contributed by atoms with van der Waals surface area (Å²) in [7, 11) is 0. The van der Waals surface area contributed by atoms with Gasteiger partial charge in [-0.15, -0.1) is 0 Å². The van der Waals surface area contributed by atoms with Crippen LogP contribution in [0.25, 0.3) is 11.0 Å². The molecule has 0 aliphatic carbocycles. The number of thioether (sulfide) groups is 1. The van der Waals surface area contributed by atoms with Crippen molar-refractivity contribution < 1.29 is 8.78 Å². The second-order valence-corrected chi connectivity index (χ2v) is 4.81. The fourth-order valence-electron chi connectivity index (χ4n) is 1.92. The Morgan fingerprint density at radius 1 is 1.47 bits per heavy atom. The highest BCUT2D eigenvalue weighted by Crippen LogP contribution is 2.26. The Kier molecular flexibility index (Phi) is 3.24. The number of nitrogen functional groups attached to an aromatic ring is 1. The SMILES string of the molecule is CSCC(C)n1c(N)nc2c(F)cc(F)cc21. The summed E-state index contributed by atoms with van der Waals surface area (Å²) in [4.78, 5) is 3.95. The first-order valence-electron chi connectivity index (χ1n) is 5.16. The van der Waals surface area contributed by atoms with Gasteiger partial charge in [-0.1, -0.05) is 0 Å². The predicted octanol–water partition coefficient (Wildman–Crippen LogP) is 2.82. The van der Waals surface area contributed by atoms with Crippen LogP contribution in [-0.2, 0) is 0 Å². The second kappa shape index (κ2) is 4.52. The summed E-state index contributed by atoms with van der Waals surface area (Å²) in [5.41, 5.74) is 6.28. The zero-order valence-electron chi connectivity index (χ0n) is 9.58. The highest BCUT2D eigenvalue weighted by Gasteiger charge is 2.17. The van der Waals surface area contributed by atoms with Crippen molar-refractivity contribution in [3.05, 3.63) is 23.8 Å². The Balaban J connectivity index is 2.66. The van der Waals surface area contributed by atoms with E-state index >= 15 is 0 Å². The molecule has 0 radical (unpaired) electrons. The number of hydrogen-bond acceptors (Lipinski definition) is 3. The smallest absolute Gasteiger partial charge is 0.201 e. The number of anilines is 1. The van der Waals surface area contributed by atoms with E-state index < -0.39 is 11.6 Å². The fourth-order valence-corrected chi connectivity index (χ4v) is 2.55. The van der Waals surface area contributed by atoms with Gasteiger partial charge in [-0.3, -0.25) is 0 Å². The van der Waals surface area contributed by atoms with Crippen LogP contribution in [0.15, 0.2) is 12.1 Å². The van der Waals surface area contributed by atoms with Crippen LogP contribution in [0.5, 0.6) is 0 Å². The van der Waals surface area contributed by atoms with E-state index in [9.17, 15) is 8.78 Å². The van der Waals surface area contributed by atoms with Crippen LogP contribution in [0.2, 0.25) is 0 Å². The highest BCUT2D eigenvalue weighted by atomic mass is 32.2. The molecule has 2 N–H and O–H groups in total. The Bertz CT molecular complexity index is 553. The Hall–Kier alpha value is -1.30. The van der Waals surface area contributed by atoms with Crippen LogP contribution in [0.1, 0.15) is 13.0 Å². The molecular formula is C11H13F2N3S. The van der Waals surface area contributed by atoms with Gasteiger partial charge in [0.15, 0.2) is 5.82 Å². The van der Waals surface area contributed by atoms with Crippen molar-refractivity contribution in [2.75, 3.05) is 17.7 Å². The number of fused-ring (bicyclic) bond motifs is 1. The summed E-state index contributed by atoms with van der Waals surface area (Å²) in [5.74, 6) is -0.284. The molecule has 0 spiro atoms. The summed E-state index contributed by atoms with van der Waals surface area (Å²) in [6, 6.07) is 2.12. The minimum Gasteiger partial charge on any atom is -0.369 e. The lowest BCUT2D eigenvalue weighted by Gasteiger charge is -2.14. The third-order valence-corrected chi connectivity index (χ3v) is 3.41. The van der Waals surface area contributed by atoms with Crippen molar-refractivity contribution in [1.82, 2.24) is 9.55 Å². The number of imidazole rings is 1. The molecular weight excluding hydrogens is 244 g/mol. The van der Waals surface area contributed by atoms with E-state index in [0.717, 1.165) is 11.8 Å². The number of benzene rings is 1. The normalized spacial score (nSPS) is 13.2. The van der Waals surface area contributed by atoms with E-state index in [2.05, 4.69) is 4.98 Å². The van der Waals surface area contributed by atoms with Gasteiger partial charge in [0, 0.05) is 23.9 Å². The average Bonchev–Trinajstić information content (AvgIpc) is 2.55. The van der Waals surface area contributed by atoms with Gasteiger partial charge in [-0.2, -0.15) is 11.8 Å². The van der Waals surface area contributed by atoms with Crippen molar-refractivity contribution in [2.24, 2.45) is 0 Å². The average molecular weight is 257 g/mol. The lowest BCUT2D eigenvalue weighted by Crippen LogP contribution is -2.10. The molecule has 0 amide bonds. The van der Waals surface area contributed by atoms with Crippen molar-refractivity contribution >= 4 is 28.7 Å². The molecule has 0 saturated heterocycles. The maximum absolute atomic E-state index is 13.5. The Morgan fingerprint density at radius 3 is 2.82 bits per heavy atom. The first-order valence-corrected chi connectivity index (χ1v) is 6.55. The highest BCUT2D eigenvalue weighted by molar-refractivity contribution is 7.98. The molecule has 0 saturated carbocycles. The molecule has 0 fully saturated rings. The van der Waals surface area contributed by atoms with Crippen molar-refractivity contribution in [3.63, 3.8) is 0 Å². The molecule has 3 nitrogen and oxygen atoms in total. The number of halogens is 2. The lowest BCUT2D eigenvalue weighted by molar-refractivity contribution is 0.587. The molecule has 17 heavy (non-hydrogen) atoms. The fraction of sp³-hybridized carbons (Fsp3) is 0.364. The van der Waals surface area contributed by atoms with Crippen molar-refractivity contribution in [2.45, 2.75) is 13.0 Å². The van der Waals surface area contributed by atoms with Crippen LogP contribution >= 0.6 is 11.8 Å². The minimum atomic E-state index is -0.679. The monoisotopic (exact) mass is 257 g/mol. The van der Waals surface area contributed by atoms with Gasteiger partial charge in [0.25, 0.3) is 0 Å². The van der Waals surface area contributed by atoms with Crippen LogP contribution in [0, 0.1) is 11.6 Å². The molecule has 0 bridgehead atoms. The van der Waals surface area contributed by atoms with E-state index in [1.54, 1.807) is 16.3 Å². The molecule has 92 valence electrons. The largest absolute Gasteiger partial charge is 0.369 e. The van der Waals surface area contributed by atoms with Crippen molar-refractivity contribution in [1.29, 1.82) is 0 Å². The molecule has 1 unspecified atom stereocenters. The van der Waals surface area contributed by atoms with Gasteiger partial charge in [-0.25, -0.2) is 13.8 Å². The summed E-state index contributed by atoms with van der Waals surface area (Å²) in [5, 5.41) is 0. The van der Waals surface area contributed by atoms with Gasteiger partial charge in [-0.05, 0) is 13.2 Å². The van der Waals surface area contributed by atoms with Crippen LogP contribution in [0.4, 0.5) is 14.7 Å². The van der Waals surface area contributed by atoms with Crippen LogP contribution < -0.4 is 5.73 Å². The molecule has 1 atom stereocenters. The molecule has 0 aliphatic rings. The van der Waals surface area contributed by atoms with Gasteiger partial charge < -0.3 is 10.3 Å². The second-order valence-electron chi connectivity index (χ2n) is 3.90. The first kappa shape index (κ1) is 12.2. The number of nitrogens with two attached hydrogens (primary N) is 1. The molecule has 2 rings (SSSR count). The minimum absolute atomic E-state index is 0.0381. The molecule has 1 aromatic heterocycles. The number of hydrogen-bond donors (Lipinski definition) is 1. The summed E-state index contributed by atoms with van der Waals surface area (Å²) >= 11 is 1.64.